The van der Waals surface area contributed by atoms with E-state index in [0.29, 0.717) is 25.3 Å². The monoisotopic (exact) mass is 474 g/mol. The number of ether oxygens (including phenoxy) is 1. The van der Waals surface area contributed by atoms with Crippen molar-refractivity contribution in [3.05, 3.63) is 81.6 Å². The van der Waals surface area contributed by atoms with Gasteiger partial charge in [-0.05, 0) is 106 Å². The Bertz CT molecular complexity index is 1190. The summed E-state index contributed by atoms with van der Waals surface area (Å²) in [5.41, 5.74) is 7.18. The molecule has 35 heavy (non-hydrogen) atoms. The average molecular weight is 475 g/mol. The highest BCUT2D eigenvalue weighted by atomic mass is 16.5. The molecule has 3 heterocycles. The summed E-state index contributed by atoms with van der Waals surface area (Å²) in [6.45, 7) is 14.2. The first-order valence-electron chi connectivity index (χ1n) is 12.8. The lowest BCUT2D eigenvalue weighted by Gasteiger charge is -2.35. The molecule has 5 heteroatoms. The number of amides is 1. The van der Waals surface area contributed by atoms with E-state index in [4.69, 9.17) is 9.15 Å². The molecule has 3 aromatic rings. The zero-order valence-corrected chi connectivity index (χ0v) is 22.0. The molecule has 1 aliphatic heterocycles. The van der Waals surface area contributed by atoms with Crippen molar-refractivity contribution in [2.75, 3.05) is 13.1 Å². The molecule has 1 aliphatic rings. The number of furan rings is 1. The van der Waals surface area contributed by atoms with Crippen molar-refractivity contribution in [3.8, 4) is 5.75 Å². The van der Waals surface area contributed by atoms with Gasteiger partial charge in [0, 0.05) is 37.8 Å². The van der Waals surface area contributed by atoms with Crippen LogP contribution >= 0.6 is 0 Å². The topological polar surface area (TPSA) is 55.6 Å². The Labute approximate surface area is 209 Å². The van der Waals surface area contributed by atoms with Gasteiger partial charge in [-0.1, -0.05) is 13.0 Å². The van der Waals surface area contributed by atoms with E-state index in [1.54, 1.807) is 6.20 Å². The molecule has 4 rings (SSSR count). The minimum absolute atomic E-state index is 0.0558. The van der Waals surface area contributed by atoms with Crippen molar-refractivity contribution >= 4 is 5.91 Å². The fourth-order valence-corrected chi connectivity index (χ4v) is 5.01. The largest absolute Gasteiger partial charge is 0.487 e. The highest BCUT2D eigenvalue weighted by Crippen LogP contribution is 2.41. The van der Waals surface area contributed by atoms with E-state index < -0.39 is 0 Å². The number of benzene rings is 1. The van der Waals surface area contributed by atoms with Crippen molar-refractivity contribution in [2.45, 2.75) is 79.2 Å². The molecule has 1 amide bonds. The van der Waals surface area contributed by atoms with E-state index in [0.717, 1.165) is 42.9 Å². The lowest BCUT2D eigenvalue weighted by Crippen LogP contribution is -2.33. The van der Waals surface area contributed by atoms with Crippen LogP contribution in [-0.4, -0.2) is 34.5 Å². The highest BCUT2D eigenvalue weighted by Gasteiger charge is 2.31. The second kappa shape index (κ2) is 10.3. The number of hydrogen-bond acceptors (Lipinski definition) is 4. The van der Waals surface area contributed by atoms with Crippen molar-refractivity contribution in [1.82, 2.24) is 9.88 Å². The molecule has 0 atom stereocenters. The molecule has 1 aromatic carbocycles. The molecule has 0 spiro atoms. The maximum Gasteiger partial charge on any atom is 0.289 e. The van der Waals surface area contributed by atoms with Crippen molar-refractivity contribution in [2.24, 2.45) is 0 Å². The molecule has 0 saturated carbocycles. The predicted octanol–water partition coefficient (Wildman–Crippen LogP) is 6.39. The van der Waals surface area contributed by atoms with Crippen LogP contribution in [0.4, 0.5) is 0 Å². The predicted molar refractivity (Wildman–Crippen MR) is 139 cm³/mol. The summed E-state index contributed by atoms with van der Waals surface area (Å²) in [5.74, 6) is 2.22. The van der Waals surface area contributed by atoms with Gasteiger partial charge in [0.1, 0.15) is 17.1 Å². The fraction of sp³-hybridized carbons (Fsp3) is 0.467. The molecule has 186 valence electrons. The van der Waals surface area contributed by atoms with Crippen molar-refractivity contribution < 1.29 is 13.9 Å². The number of pyridine rings is 1. The Morgan fingerprint density at radius 3 is 2.57 bits per heavy atom. The van der Waals surface area contributed by atoms with Crippen LogP contribution in [0.2, 0.25) is 0 Å². The number of hydrogen-bond donors (Lipinski definition) is 0. The van der Waals surface area contributed by atoms with Crippen LogP contribution in [0, 0.1) is 20.8 Å². The summed E-state index contributed by atoms with van der Waals surface area (Å²) in [6.07, 6.45) is 6.11. The van der Waals surface area contributed by atoms with E-state index >= 15 is 0 Å². The van der Waals surface area contributed by atoms with Gasteiger partial charge in [0.15, 0.2) is 5.76 Å². The van der Waals surface area contributed by atoms with Gasteiger partial charge in [-0.15, -0.1) is 0 Å². The molecule has 0 N–H and O–H groups in total. The van der Waals surface area contributed by atoms with Crippen LogP contribution in [0.3, 0.4) is 0 Å². The van der Waals surface area contributed by atoms with Gasteiger partial charge in [0.05, 0.1) is 0 Å². The summed E-state index contributed by atoms with van der Waals surface area (Å²) < 4.78 is 12.5. The standard InChI is InChI=1S/C30H38N2O3/c1-7-17-32(18-14-23-10-8-9-16-31-23)29(33)27-12-11-24(34-27)19-26-20(2)21(3)28-25(22(26)4)13-15-30(5,6)35-28/h8-12,16H,7,13-15,17-19H2,1-6H3. The van der Waals surface area contributed by atoms with E-state index in [1.165, 1.54) is 27.8 Å². The Morgan fingerprint density at radius 2 is 1.86 bits per heavy atom. The Kier molecular flexibility index (Phi) is 7.34. The van der Waals surface area contributed by atoms with Gasteiger partial charge in [0.2, 0.25) is 0 Å². The van der Waals surface area contributed by atoms with E-state index in [2.05, 4.69) is 46.5 Å². The summed E-state index contributed by atoms with van der Waals surface area (Å²) >= 11 is 0. The van der Waals surface area contributed by atoms with Gasteiger partial charge < -0.3 is 14.1 Å². The highest BCUT2D eigenvalue weighted by molar-refractivity contribution is 5.91. The van der Waals surface area contributed by atoms with Crippen LogP contribution in [0.1, 0.15) is 83.4 Å². The third-order valence-corrected chi connectivity index (χ3v) is 7.26. The third-order valence-electron chi connectivity index (χ3n) is 7.26. The van der Waals surface area contributed by atoms with Gasteiger partial charge in [0.25, 0.3) is 5.91 Å². The average Bonchev–Trinajstić information content (AvgIpc) is 3.31. The molecule has 0 saturated heterocycles. The van der Waals surface area contributed by atoms with Crippen LogP contribution in [0.5, 0.6) is 5.75 Å². The smallest absolute Gasteiger partial charge is 0.289 e. The third kappa shape index (κ3) is 5.44. The van der Waals surface area contributed by atoms with E-state index in [1.807, 2.05) is 35.2 Å². The molecule has 0 aliphatic carbocycles. The number of fused-ring (bicyclic) bond motifs is 1. The quantitative estimate of drug-likeness (QED) is 0.380. The molecular formula is C30H38N2O3. The molecule has 0 unspecified atom stereocenters. The Morgan fingerprint density at radius 1 is 1.06 bits per heavy atom. The minimum Gasteiger partial charge on any atom is -0.487 e. The van der Waals surface area contributed by atoms with Gasteiger partial charge in [-0.25, -0.2) is 0 Å². The van der Waals surface area contributed by atoms with Crippen molar-refractivity contribution in [1.29, 1.82) is 0 Å². The van der Waals surface area contributed by atoms with Crippen molar-refractivity contribution in [3.63, 3.8) is 0 Å². The van der Waals surface area contributed by atoms with Gasteiger partial charge in [-0.3, -0.25) is 9.78 Å². The second-order valence-electron chi connectivity index (χ2n) is 10.3. The van der Waals surface area contributed by atoms with Crippen LogP contribution in [-0.2, 0) is 19.3 Å². The normalized spacial score (nSPS) is 14.3. The Hall–Kier alpha value is -3.08. The number of rotatable bonds is 8. The maximum atomic E-state index is 13.3. The Balaban J connectivity index is 1.52. The van der Waals surface area contributed by atoms with Gasteiger partial charge >= 0.3 is 0 Å². The molecular weight excluding hydrogens is 436 g/mol. The molecule has 0 radical (unpaired) electrons. The first-order valence-corrected chi connectivity index (χ1v) is 12.8. The maximum absolute atomic E-state index is 13.3. The number of carbonyl (C=O) groups excluding carboxylic acids is 1. The van der Waals surface area contributed by atoms with Crippen LogP contribution in [0.15, 0.2) is 40.9 Å². The molecule has 0 bridgehead atoms. The number of nitrogens with zero attached hydrogens (tertiary/aromatic N) is 2. The minimum atomic E-state index is -0.130. The first-order chi connectivity index (χ1) is 16.7. The zero-order valence-electron chi connectivity index (χ0n) is 22.0. The van der Waals surface area contributed by atoms with Gasteiger partial charge in [-0.2, -0.15) is 0 Å². The summed E-state index contributed by atoms with van der Waals surface area (Å²) in [5, 5.41) is 0. The van der Waals surface area contributed by atoms with E-state index in [9.17, 15) is 4.79 Å². The molecule has 2 aromatic heterocycles. The first kappa shape index (κ1) is 25.0. The van der Waals surface area contributed by atoms with Crippen LogP contribution < -0.4 is 4.74 Å². The number of aromatic nitrogens is 1. The second-order valence-corrected chi connectivity index (χ2v) is 10.3. The SMILES string of the molecule is CCCN(CCc1ccccn1)C(=O)c1ccc(Cc2c(C)c(C)c3c(c2C)CCC(C)(C)O3)o1. The van der Waals surface area contributed by atoms with Crippen LogP contribution in [0.25, 0.3) is 0 Å². The summed E-state index contributed by atoms with van der Waals surface area (Å²) in [7, 11) is 0. The summed E-state index contributed by atoms with van der Waals surface area (Å²) in [6, 6.07) is 9.65. The van der Waals surface area contributed by atoms with E-state index in [-0.39, 0.29) is 11.5 Å². The molecule has 0 fully saturated rings. The lowest BCUT2D eigenvalue weighted by atomic mass is 9.84. The molecule has 5 nitrogen and oxygen atoms in total. The number of carbonyl (C=O) groups is 1. The fourth-order valence-electron chi connectivity index (χ4n) is 5.01. The lowest BCUT2D eigenvalue weighted by molar-refractivity contribution is 0.0723. The summed E-state index contributed by atoms with van der Waals surface area (Å²) in [4.78, 5) is 19.5. The zero-order chi connectivity index (χ0) is 25.2.